The quantitative estimate of drug-likeness (QED) is 0.552. The Kier molecular flexibility index (Phi) is 6.71. The molecule has 1 aliphatic heterocycles. The Bertz CT molecular complexity index is 683. The van der Waals surface area contributed by atoms with Gasteiger partial charge in [-0.15, -0.1) is 0 Å². The number of carbonyl (C=O) groups is 2. The van der Waals surface area contributed by atoms with Gasteiger partial charge >= 0.3 is 0 Å². The second-order valence-corrected chi connectivity index (χ2v) is 6.85. The third-order valence-electron chi connectivity index (χ3n) is 5.06. The Labute approximate surface area is 154 Å². The van der Waals surface area contributed by atoms with Crippen molar-refractivity contribution in [2.75, 3.05) is 19.6 Å². The van der Waals surface area contributed by atoms with Crippen LogP contribution in [0.3, 0.4) is 0 Å². The van der Waals surface area contributed by atoms with E-state index in [4.69, 9.17) is 0 Å². The predicted molar refractivity (Wildman–Crippen MR) is 99.1 cm³/mol. The molecule has 1 aromatic rings. The lowest BCUT2D eigenvalue weighted by Gasteiger charge is -2.29. The van der Waals surface area contributed by atoms with Crippen molar-refractivity contribution in [3.05, 3.63) is 39.4 Å². The fourth-order valence-electron chi connectivity index (χ4n) is 3.19. The Morgan fingerprint density at radius 3 is 2.54 bits per heavy atom. The van der Waals surface area contributed by atoms with Crippen LogP contribution in [-0.2, 0) is 4.79 Å². The maximum absolute atomic E-state index is 12.9. The number of hydrogen-bond donors (Lipinski definition) is 0. The normalized spacial score (nSPS) is 15.0. The lowest BCUT2D eigenvalue weighted by molar-refractivity contribution is -0.385. The molecule has 0 aromatic heterocycles. The van der Waals surface area contributed by atoms with Crippen molar-refractivity contribution >= 4 is 17.5 Å². The van der Waals surface area contributed by atoms with Gasteiger partial charge in [0.1, 0.15) is 0 Å². The zero-order valence-corrected chi connectivity index (χ0v) is 15.7. The average Bonchev–Trinajstić information content (AvgIpc) is 3.16. The highest BCUT2D eigenvalue weighted by molar-refractivity contribution is 5.95. The Hall–Kier alpha value is -2.44. The van der Waals surface area contributed by atoms with Crippen molar-refractivity contribution in [2.24, 2.45) is 0 Å². The van der Waals surface area contributed by atoms with Crippen LogP contribution >= 0.6 is 0 Å². The summed E-state index contributed by atoms with van der Waals surface area (Å²) in [5, 5.41) is 11.1. The molecule has 0 radical (unpaired) electrons. The number of benzene rings is 1. The van der Waals surface area contributed by atoms with Crippen LogP contribution in [0.4, 0.5) is 5.69 Å². The maximum atomic E-state index is 12.9. The molecule has 7 heteroatoms. The molecule has 7 nitrogen and oxygen atoms in total. The summed E-state index contributed by atoms with van der Waals surface area (Å²) in [5.41, 5.74) is 0.746. The third-order valence-corrected chi connectivity index (χ3v) is 5.06. The number of nitrogens with zero attached hydrogens (tertiary/aromatic N) is 3. The molecule has 1 atom stereocenters. The molecular weight excluding hydrogens is 334 g/mol. The number of likely N-dealkylation sites (tertiary alicyclic amines) is 1. The van der Waals surface area contributed by atoms with E-state index in [9.17, 15) is 19.7 Å². The second-order valence-electron chi connectivity index (χ2n) is 6.85. The SMILES string of the molecule is CCC(C)N(CCC(=O)N1CCCC1)C(=O)c1ccc(C)c([N+](=O)[O-])c1. The zero-order valence-electron chi connectivity index (χ0n) is 15.7. The van der Waals surface area contributed by atoms with E-state index in [1.54, 1.807) is 24.0 Å². The van der Waals surface area contributed by atoms with Crippen LogP contribution in [0.5, 0.6) is 0 Å². The van der Waals surface area contributed by atoms with Gasteiger partial charge in [-0.25, -0.2) is 0 Å². The van der Waals surface area contributed by atoms with Crippen molar-refractivity contribution in [3.63, 3.8) is 0 Å². The van der Waals surface area contributed by atoms with Gasteiger partial charge in [-0.2, -0.15) is 0 Å². The summed E-state index contributed by atoms with van der Waals surface area (Å²) in [4.78, 5) is 39.4. The van der Waals surface area contributed by atoms with Gasteiger partial charge in [-0.3, -0.25) is 19.7 Å². The van der Waals surface area contributed by atoms with E-state index in [-0.39, 0.29) is 35.5 Å². The van der Waals surface area contributed by atoms with Gasteiger partial charge in [0.15, 0.2) is 0 Å². The van der Waals surface area contributed by atoms with Crippen LogP contribution in [0, 0.1) is 17.0 Å². The zero-order chi connectivity index (χ0) is 19.3. The van der Waals surface area contributed by atoms with Crippen molar-refractivity contribution in [2.45, 2.75) is 52.5 Å². The molecule has 1 unspecified atom stereocenters. The largest absolute Gasteiger partial charge is 0.343 e. The van der Waals surface area contributed by atoms with Crippen molar-refractivity contribution < 1.29 is 14.5 Å². The van der Waals surface area contributed by atoms with E-state index in [1.165, 1.54) is 6.07 Å². The molecule has 2 amide bonds. The number of nitro groups is 1. The standard InChI is InChI=1S/C19H27N3O4/c1-4-15(3)21(12-9-18(23)20-10-5-6-11-20)19(24)16-8-7-14(2)17(13-16)22(25)26/h7-8,13,15H,4-6,9-12H2,1-3H3. The molecule has 26 heavy (non-hydrogen) atoms. The minimum atomic E-state index is -0.476. The first-order valence-electron chi connectivity index (χ1n) is 9.19. The molecule has 142 valence electrons. The van der Waals surface area contributed by atoms with E-state index in [0.29, 0.717) is 12.1 Å². The Morgan fingerprint density at radius 2 is 1.96 bits per heavy atom. The van der Waals surface area contributed by atoms with Crippen LogP contribution in [0.25, 0.3) is 0 Å². The van der Waals surface area contributed by atoms with Crippen LogP contribution in [-0.4, -0.2) is 52.2 Å². The van der Waals surface area contributed by atoms with E-state index < -0.39 is 4.92 Å². The van der Waals surface area contributed by atoms with Crippen LogP contribution in [0.1, 0.15) is 55.5 Å². The summed E-state index contributed by atoms with van der Waals surface area (Å²) in [6.07, 6.45) is 3.10. The van der Waals surface area contributed by atoms with E-state index in [1.807, 2.05) is 18.7 Å². The van der Waals surface area contributed by atoms with Gasteiger partial charge in [-0.1, -0.05) is 13.0 Å². The van der Waals surface area contributed by atoms with Gasteiger partial charge in [-0.05, 0) is 39.2 Å². The molecule has 1 aliphatic rings. The molecule has 0 aliphatic carbocycles. The fraction of sp³-hybridized carbons (Fsp3) is 0.579. The topological polar surface area (TPSA) is 83.8 Å². The first-order valence-corrected chi connectivity index (χ1v) is 9.19. The van der Waals surface area contributed by atoms with Gasteiger partial charge < -0.3 is 9.80 Å². The number of nitro benzene ring substituents is 1. The molecule has 0 spiro atoms. The minimum Gasteiger partial charge on any atom is -0.343 e. The second kappa shape index (κ2) is 8.78. The molecule has 1 heterocycles. The van der Waals surface area contributed by atoms with Crippen molar-refractivity contribution in [3.8, 4) is 0 Å². The van der Waals surface area contributed by atoms with Gasteiger partial charge in [0.05, 0.1) is 4.92 Å². The van der Waals surface area contributed by atoms with Crippen LogP contribution in [0.2, 0.25) is 0 Å². The lowest BCUT2D eigenvalue weighted by atomic mass is 10.1. The van der Waals surface area contributed by atoms with Gasteiger partial charge in [0, 0.05) is 49.3 Å². The summed E-state index contributed by atoms with van der Waals surface area (Å²) < 4.78 is 0. The van der Waals surface area contributed by atoms with Crippen molar-refractivity contribution in [1.82, 2.24) is 9.80 Å². The predicted octanol–water partition coefficient (Wildman–Crippen LogP) is 3.16. The van der Waals surface area contributed by atoms with E-state index >= 15 is 0 Å². The minimum absolute atomic E-state index is 0.0470. The number of amides is 2. The highest BCUT2D eigenvalue weighted by Gasteiger charge is 2.25. The van der Waals surface area contributed by atoms with E-state index in [2.05, 4.69) is 0 Å². The van der Waals surface area contributed by atoms with Gasteiger partial charge in [0.25, 0.3) is 11.6 Å². The summed E-state index contributed by atoms with van der Waals surface area (Å²) in [5.74, 6) is -0.199. The first kappa shape index (κ1) is 19.9. The Morgan fingerprint density at radius 1 is 1.31 bits per heavy atom. The summed E-state index contributed by atoms with van der Waals surface area (Å²) in [7, 11) is 0. The van der Waals surface area contributed by atoms with Crippen molar-refractivity contribution in [1.29, 1.82) is 0 Å². The molecule has 1 aromatic carbocycles. The summed E-state index contributed by atoms with van der Waals surface area (Å²) in [6, 6.07) is 4.49. The van der Waals surface area contributed by atoms with Crippen LogP contribution < -0.4 is 0 Å². The average molecular weight is 361 g/mol. The molecule has 1 fully saturated rings. The number of hydrogen-bond acceptors (Lipinski definition) is 4. The first-order chi connectivity index (χ1) is 12.3. The van der Waals surface area contributed by atoms with E-state index in [0.717, 1.165) is 32.4 Å². The lowest BCUT2D eigenvalue weighted by Crippen LogP contribution is -2.41. The van der Waals surface area contributed by atoms with Crippen LogP contribution in [0.15, 0.2) is 18.2 Å². The fourth-order valence-corrected chi connectivity index (χ4v) is 3.19. The summed E-state index contributed by atoms with van der Waals surface area (Å²) in [6.45, 7) is 7.46. The molecule has 2 rings (SSSR count). The number of rotatable bonds is 7. The maximum Gasteiger partial charge on any atom is 0.273 e. The molecule has 0 N–H and O–H groups in total. The van der Waals surface area contributed by atoms with Gasteiger partial charge in [0.2, 0.25) is 5.91 Å². The highest BCUT2D eigenvalue weighted by Crippen LogP contribution is 2.21. The number of carbonyl (C=O) groups excluding carboxylic acids is 2. The third kappa shape index (κ3) is 4.59. The summed E-state index contributed by atoms with van der Waals surface area (Å²) >= 11 is 0. The molecule has 1 saturated heterocycles. The number of aryl methyl sites for hydroxylation is 1. The monoisotopic (exact) mass is 361 g/mol. The molecular formula is C19H27N3O4. The molecule has 0 saturated carbocycles. The smallest absolute Gasteiger partial charge is 0.273 e. The Balaban J connectivity index is 2.15. The highest BCUT2D eigenvalue weighted by atomic mass is 16.6. The molecule has 0 bridgehead atoms.